The summed E-state index contributed by atoms with van der Waals surface area (Å²) in [5.74, 6) is -1.88. The first-order valence-electron chi connectivity index (χ1n) is 6.97. The third-order valence-corrected chi connectivity index (χ3v) is 2.46. The van der Waals surface area contributed by atoms with E-state index in [1.807, 2.05) is 0 Å². The van der Waals surface area contributed by atoms with Crippen molar-refractivity contribution in [3.8, 4) is 11.5 Å². The fourth-order valence-electron chi connectivity index (χ4n) is 1.24. The lowest BCUT2D eigenvalue weighted by atomic mass is 10.3. The van der Waals surface area contributed by atoms with Gasteiger partial charge in [-0.05, 0) is 26.0 Å². The normalized spacial score (nSPS) is 10.5. The molecule has 1 aromatic carbocycles. The minimum absolute atomic E-state index is 0.104. The molecule has 0 radical (unpaired) electrons. The molecule has 0 N–H and O–H groups in total. The molecule has 0 spiro atoms. The van der Waals surface area contributed by atoms with Crippen LogP contribution in [0.15, 0.2) is 67.6 Å². The molecule has 0 unspecified atom stereocenters. The third-order valence-electron chi connectivity index (χ3n) is 2.46. The van der Waals surface area contributed by atoms with Crippen LogP contribution in [0, 0.1) is 5.82 Å². The highest BCUT2D eigenvalue weighted by Gasteiger charge is 2.05. The zero-order chi connectivity index (χ0) is 18.8. The lowest BCUT2D eigenvalue weighted by molar-refractivity contribution is -0.134. The molecular formula is C18H17FO6. The molecule has 1 rings (SSSR count). The van der Waals surface area contributed by atoms with E-state index in [0.29, 0.717) is 0 Å². The molecule has 6 nitrogen and oxygen atoms in total. The zero-order valence-electron chi connectivity index (χ0n) is 13.8. The Morgan fingerprint density at radius 3 is 1.92 bits per heavy atom. The van der Waals surface area contributed by atoms with Gasteiger partial charge in [-0.1, -0.05) is 13.2 Å². The summed E-state index contributed by atoms with van der Waals surface area (Å²) >= 11 is 0. The molecule has 0 saturated heterocycles. The van der Waals surface area contributed by atoms with Gasteiger partial charge in [0.1, 0.15) is 30.8 Å². The first kappa shape index (κ1) is 19.7. The summed E-state index contributed by atoms with van der Waals surface area (Å²) in [6.07, 6.45) is 4.07. The van der Waals surface area contributed by atoms with Gasteiger partial charge in [0.25, 0.3) is 0 Å². The molecule has 0 aliphatic rings. The van der Waals surface area contributed by atoms with Gasteiger partial charge in [0, 0.05) is 17.2 Å². The molecule has 0 aliphatic carbocycles. The number of rotatable bonds is 8. The molecule has 0 amide bonds. The fourth-order valence-corrected chi connectivity index (χ4v) is 1.24. The Balaban J connectivity index is 2.53. The average molecular weight is 348 g/mol. The highest BCUT2D eigenvalue weighted by atomic mass is 19.1. The van der Waals surface area contributed by atoms with Crippen molar-refractivity contribution < 1.29 is 32.9 Å². The summed E-state index contributed by atoms with van der Waals surface area (Å²) in [4.78, 5) is 22.2. The highest BCUT2D eigenvalue weighted by molar-refractivity contribution is 5.87. The van der Waals surface area contributed by atoms with Gasteiger partial charge in [-0.15, -0.1) is 0 Å². The molecule has 0 atom stereocenters. The number of benzene rings is 1. The van der Waals surface area contributed by atoms with E-state index in [9.17, 15) is 14.0 Å². The highest BCUT2D eigenvalue weighted by Crippen LogP contribution is 2.23. The number of esters is 2. The van der Waals surface area contributed by atoms with Crippen LogP contribution in [0.3, 0.4) is 0 Å². The maximum atomic E-state index is 13.8. The van der Waals surface area contributed by atoms with E-state index >= 15 is 0 Å². The molecule has 0 fully saturated rings. The summed E-state index contributed by atoms with van der Waals surface area (Å²) in [5.41, 5.74) is 0.457. The van der Waals surface area contributed by atoms with E-state index in [4.69, 9.17) is 9.47 Å². The van der Waals surface area contributed by atoms with Crippen molar-refractivity contribution in [2.75, 3.05) is 0 Å². The van der Waals surface area contributed by atoms with Crippen molar-refractivity contribution >= 4 is 11.9 Å². The number of ether oxygens (including phenoxy) is 4. The Hall–Kier alpha value is -3.35. The maximum Gasteiger partial charge on any atom is 0.338 e. The van der Waals surface area contributed by atoms with Crippen molar-refractivity contribution in [3.05, 3.63) is 73.4 Å². The Morgan fingerprint density at radius 2 is 1.44 bits per heavy atom. The molecular weight excluding hydrogens is 331 g/mol. The van der Waals surface area contributed by atoms with Crippen molar-refractivity contribution in [1.82, 2.24) is 0 Å². The predicted octanol–water partition coefficient (Wildman–Crippen LogP) is 3.76. The summed E-state index contributed by atoms with van der Waals surface area (Å²) in [5, 5.41) is 0. The number of carbonyl (C=O) groups is 2. The fraction of sp³-hybridized carbons (Fsp3) is 0.111. The molecule has 0 aliphatic heterocycles. The molecule has 1 aromatic rings. The SMILES string of the molecule is C=C(C)C(=O)O/C=C\Oc1ccc(O/C=C\OC(=O)C(=C)C)c(F)c1. The predicted molar refractivity (Wildman–Crippen MR) is 87.7 cm³/mol. The second-order valence-electron chi connectivity index (χ2n) is 4.74. The maximum absolute atomic E-state index is 13.8. The van der Waals surface area contributed by atoms with E-state index in [2.05, 4.69) is 22.6 Å². The summed E-state index contributed by atoms with van der Waals surface area (Å²) in [7, 11) is 0. The van der Waals surface area contributed by atoms with E-state index in [-0.39, 0.29) is 22.6 Å². The van der Waals surface area contributed by atoms with Gasteiger partial charge in [-0.3, -0.25) is 0 Å². The Labute approximate surface area is 144 Å². The van der Waals surface area contributed by atoms with Crippen LogP contribution in [-0.2, 0) is 19.1 Å². The van der Waals surface area contributed by atoms with Crippen LogP contribution in [0.5, 0.6) is 11.5 Å². The van der Waals surface area contributed by atoms with E-state index < -0.39 is 17.8 Å². The zero-order valence-corrected chi connectivity index (χ0v) is 13.8. The summed E-state index contributed by atoms with van der Waals surface area (Å²) < 4.78 is 33.2. The lowest BCUT2D eigenvalue weighted by Crippen LogP contribution is -2.00. The number of carbonyl (C=O) groups excluding carboxylic acids is 2. The van der Waals surface area contributed by atoms with Crippen LogP contribution in [0.25, 0.3) is 0 Å². The first-order valence-corrected chi connectivity index (χ1v) is 6.97. The standard InChI is InChI=1S/C18H17FO6/c1-12(2)17(20)24-9-7-22-14-5-6-16(15(19)11-14)23-8-10-25-18(21)13(3)4/h5-11H,1,3H2,2,4H3/b9-7-,10-8-. The Bertz CT molecular complexity index is 733. The van der Waals surface area contributed by atoms with Gasteiger partial charge in [0.05, 0.1) is 0 Å². The van der Waals surface area contributed by atoms with Crippen molar-refractivity contribution in [1.29, 1.82) is 0 Å². The number of halogens is 1. The molecule has 7 heteroatoms. The number of hydrogen-bond donors (Lipinski definition) is 0. The topological polar surface area (TPSA) is 71.1 Å². The Morgan fingerprint density at radius 1 is 0.920 bits per heavy atom. The monoisotopic (exact) mass is 348 g/mol. The second-order valence-corrected chi connectivity index (χ2v) is 4.74. The molecule has 0 heterocycles. The van der Waals surface area contributed by atoms with Gasteiger partial charge in [-0.2, -0.15) is 0 Å². The van der Waals surface area contributed by atoms with Crippen LogP contribution < -0.4 is 9.47 Å². The minimum atomic E-state index is -0.708. The quantitative estimate of drug-likeness (QED) is 0.405. The van der Waals surface area contributed by atoms with Gasteiger partial charge in [-0.25, -0.2) is 14.0 Å². The van der Waals surface area contributed by atoms with Crippen molar-refractivity contribution in [2.45, 2.75) is 13.8 Å². The van der Waals surface area contributed by atoms with E-state index in [0.717, 1.165) is 31.1 Å². The smallest absolute Gasteiger partial charge is 0.338 e. The van der Waals surface area contributed by atoms with Crippen LogP contribution in [0.2, 0.25) is 0 Å². The van der Waals surface area contributed by atoms with Gasteiger partial charge in [0.2, 0.25) is 0 Å². The lowest BCUT2D eigenvalue weighted by Gasteiger charge is -2.05. The molecule has 0 bridgehead atoms. The summed E-state index contributed by atoms with van der Waals surface area (Å²) in [6.45, 7) is 9.80. The largest absolute Gasteiger partial charge is 0.462 e. The third kappa shape index (κ3) is 7.17. The molecule has 0 aromatic heterocycles. The van der Waals surface area contributed by atoms with Crippen LogP contribution >= 0.6 is 0 Å². The average Bonchev–Trinajstić information content (AvgIpc) is 2.56. The van der Waals surface area contributed by atoms with Gasteiger partial charge in [0.15, 0.2) is 11.6 Å². The van der Waals surface area contributed by atoms with Crippen molar-refractivity contribution in [3.63, 3.8) is 0 Å². The second kappa shape index (κ2) is 9.71. The number of hydrogen-bond acceptors (Lipinski definition) is 6. The van der Waals surface area contributed by atoms with Crippen LogP contribution in [-0.4, -0.2) is 11.9 Å². The summed E-state index contributed by atoms with van der Waals surface area (Å²) in [6, 6.07) is 3.80. The first-order chi connectivity index (χ1) is 11.8. The minimum Gasteiger partial charge on any atom is -0.462 e. The van der Waals surface area contributed by atoms with Gasteiger partial charge >= 0.3 is 11.9 Å². The molecule has 25 heavy (non-hydrogen) atoms. The van der Waals surface area contributed by atoms with Gasteiger partial charge < -0.3 is 18.9 Å². The molecule has 132 valence electrons. The Kier molecular flexibility index (Phi) is 7.65. The van der Waals surface area contributed by atoms with E-state index in [1.165, 1.54) is 26.0 Å². The molecule has 0 saturated carbocycles. The van der Waals surface area contributed by atoms with Crippen LogP contribution in [0.1, 0.15) is 13.8 Å². The van der Waals surface area contributed by atoms with Crippen LogP contribution in [0.4, 0.5) is 4.39 Å². The van der Waals surface area contributed by atoms with E-state index in [1.54, 1.807) is 0 Å². The van der Waals surface area contributed by atoms with Crippen molar-refractivity contribution in [2.24, 2.45) is 0 Å².